The molecule has 0 bridgehead atoms. The molecule has 4 rings (SSSR count). The first-order valence-corrected chi connectivity index (χ1v) is 11.2. The van der Waals surface area contributed by atoms with Crippen LogP contribution in [0.25, 0.3) is 0 Å². The Hall–Kier alpha value is -1.59. The lowest BCUT2D eigenvalue weighted by atomic mass is 9.92. The molecule has 1 aliphatic carbocycles. The Balaban J connectivity index is 1.17. The number of nitrogens with zero attached hydrogens (tertiary/aromatic N) is 2. The van der Waals surface area contributed by atoms with E-state index >= 15 is 0 Å². The minimum Gasteiger partial charge on any atom is -0.493 e. The van der Waals surface area contributed by atoms with Crippen LogP contribution in [0.1, 0.15) is 63.4 Å². The van der Waals surface area contributed by atoms with E-state index in [0.717, 1.165) is 37.1 Å². The minimum absolute atomic E-state index is 0.101. The van der Waals surface area contributed by atoms with E-state index in [1.165, 1.54) is 63.8 Å². The number of carbonyl (C=O) groups excluding carboxylic acids is 1. The third kappa shape index (κ3) is 4.87. The molecule has 5 heteroatoms. The van der Waals surface area contributed by atoms with Crippen LogP contribution >= 0.6 is 0 Å². The summed E-state index contributed by atoms with van der Waals surface area (Å²) in [5.41, 5.74) is 2.13. The standard InChI is InChI=1S/C23H35N3O2/c1-18-16-23(27)24-22-17-20(8-9-21(18)22)28-15-5-10-25-11-13-26(14-12-25)19-6-3-2-4-7-19/h8-9,17-19H,2-7,10-16H2,1H3,(H,24,27). The molecule has 1 amide bonds. The van der Waals surface area contributed by atoms with Gasteiger partial charge in [0, 0.05) is 56.9 Å². The zero-order valence-corrected chi connectivity index (χ0v) is 17.3. The van der Waals surface area contributed by atoms with Crippen LogP contribution < -0.4 is 10.1 Å². The number of ether oxygens (including phenoxy) is 1. The molecular weight excluding hydrogens is 350 g/mol. The van der Waals surface area contributed by atoms with Gasteiger partial charge in [-0.3, -0.25) is 9.69 Å². The maximum Gasteiger partial charge on any atom is 0.224 e. The number of carbonyl (C=O) groups is 1. The van der Waals surface area contributed by atoms with Gasteiger partial charge >= 0.3 is 0 Å². The quantitative estimate of drug-likeness (QED) is 0.756. The summed E-state index contributed by atoms with van der Waals surface area (Å²) in [5, 5.41) is 2.97. The van der Waals surface area contributed by atoms with Gasteiger partial charge in [0.05, 0.1) is 6.61 Å². The SMILES string of the molecule is CC1CC(=O)Nc2cc(OCCCN3CCN(C4CCCCC4)CC3)ccc21. The number of nitrogens with one attached hydrogen (secondary N) is 1. The topological polar surface area (TPSA) is 44.8 Å². The fraction of sp³-hybridized carbons (Fsp3) is 0.696. The number of fused-ring (bicyclic) bond motifs is 1. The summed E-state index contributed by atoms with van der Waals surface area (Å²) in [7, 11) is 0. The van der Waals surface area contributed by atoms with Crippen molar-refractivity contribution in [2.24, 2.45) is 0 Å². The van der Waals surface area contributed by atoms with Gasteiger partial charge in [-0.25, -0.2) is 0 Å². The molecule has 1 saturated heterocycles. The molecule has 1 aromatic rings. The van der Waals surface area contributed by atoms with Crippen LogP contribution in [0.4, 0.5) is 5.69 Å². The molecule has 1 aromatic carbocycles. The molecule has 154 valence electrons. The smallest absolute Gasteiger partial charge is 0.224 e. The molecule has 2 aliphatic heterocycles. The monoisotopic (exact) mass is 385 g/mol. The molecule has 0 spiro atoms. The highest BCUT2D eigenvalue weighted by molar-refractivity contribution is 5.94. The average molecular weight is 386 g/mol. The maximum atomic E-state index is 11.7. The van der Waals surface area contributed by atoms with E-state index in [0.29, 0.717) is 6.42 Å². The number of benzene rings is 1. The van der Waals surface area contributed by atoms with Crippen molar-refractivity contribution >= 4 is 11.6 Å². The Morgan fingerprint density at radius 3 is 2.68 bits per heavy atom. The molecule has 5 nitrogen and oxygen atoms in total. The van der Waals surface area contributed by atoms with Crippen LogP contribution in [0.2, 0.25) is 0 Å². The van der Waals surface area contributed by atoms with E-state index in [2.05, 4.69) is 28.1 Å². The van der Waals surface area contributed by atoms with Gasteiger partial charge in [-0.15, -0.1) is 0 Å². The third-order valence-corrected chi connectivity index (χ3v) is 6.71. The van der Waals surface area contributed by atoms with Gasteiger partial charge in [0.2, 0.25) is 5.91 Å². The van der Waals surface area contributed by atoms with E-state index in [9.17, 15) is 4.79 Å². The number of rotatable bonds is 6. The van der Waals surface area contributed by atoms with Crippen LogP contribution in [-0.4, -0.2) is 61.1 Å². The first-order valence-electron chi connectivity index (χ1n) is 11.2. The molecule has 0 aromatic heterocycles. The summed E-state index contributed by atoms with van der Waals surface area (Å²) in [6, 6.07) is 6.97. The molecule has 2 fully saturated rings. The van der Waals surface area contributed by atoms with Crippen molar-refractivity contribution in [1.82, 2.24) is 9.80 Å². The van der Waals surface area contributed by atoms with Crippen LogP contribution in [0.3, 0.4) is 0 Å². The van der Waals surface area contributed by atoms with Gasteiger partial charge < -0.3 is 15.0 Å². The zero-order valence-electron chi connectivity index (χ0n) is 17.3. The fourth-order valence-corrected chi connectivity index (χ4v) is 5.03. The molecule has 2 heterocycles. The lowest BCUT2D eigenvalue weighted by Gasteiger charge is -2.40. The first-order chi connectivity index (χ1) is 13.7. The van der Waals surface area contributed by atoms with Gasteiger partial charge in [0.15, 0.2) is 0 Å². The predicted molar refractivity (Wildman–Crippen MR) is 113 cm³/mol. The molecule has 28 heavy (non-hydrogen) atoms. The van der Waals surface area contributed by atoms with Gasteiger partial charge in [0.25, 0.3) is 0 Å². The second-order valence-electron chi connectivity index (χ2n) is 8.77. The highest BCUT2D eigenvalue weighted by Gasteiger charge is 2.25. The van der Waals surface area contributed by atoms with E-state index in [-0.39, 0.29) is 11.8 Å². The van der Waals surface area contributed by atoms with Gasteiger partial charge in [-0.1, -0.05) is 32.3 Å². The number of piperazine rings is 1. The zero-order chi connectivity index (χ0) is 19.3. The van der Waals surface area contributed by atoms with Gasteiger partial charge in [-0.05, 0) is 36.8 Å². The predicted octanol–water partition coefficient (Wildman–Crippen LogP) is 3.85. The number of anilines is 1. The highest BCUT2D eigenvalue weighted by Crippen LogP contribution is 2.34. The van der Waals surface area contributed by atoms with Crippen molar-refractivity contribution in [3.05, 3.63) is 23.8 Å². The second kappa shape index (κ2) is 9.27. The first kappa shape index (κ1) is 19.7. The normalized spacial score (nSPS) is 24.6. The van der Waals surface area contributed by atoms with Crippen molar-refractivity contribution in [1.29, 1.82) is 0 Å². The second-order valence-corrected chi connectivity index (χ2v) is 8.77. The number of amides is 1. The molecule has 1 unspecified atom stereocenters. The van der Waals surface area contributed by atoms with Crippen molar-refractivity contribution in [2.75, 3.05) is 44.6 Å². The Bertz CT molecular complexity index is 664. The van der Waals surface area contributed by atoms with Crippen LogP contribution in [0, 0.1) is 0 Å². The Kier molecular flexibility index (Phi) is 6.53. The Labute approximate surface area is 169 Å². The summed E-state index contributed by atoms with van der Waals surface area (Å²) in [5.74, 6) is 1.24. The minimum atomic E-state index is 0.101. The van der Waals surface area contributed by atoms with Gasteiger partial charge in [-0.2, -0.15) is 0 Å². The number of hydrogen-bond donors (Lipinski definition) is 1. The molecular formula is C23H35N3O2. The van der Waals surface area contributed by atoms with Crippen molar-refractivity contribution in [3.8, 4) is 5.75 Å². The van der Waals surface area contributed by atoms with E-state index in [4.69, 9.17) is 4.74 Å². The highest BCUT2D eigenvalue weighted by atomic mass is 16.5. The molecule has 1 saturated carbocycles. The summed E-state index contributed by atoms with van der Waals surface area (Å²) in [6.45, 7) is 8.79. The van der Waals surface area contributed by atoms with Crippen molar-refractivity contribution < 1.29 is 9.53 Å². The summed E-state index contributed by atoms with van der Waals surface area (Å²) >= 11 is 0. The van der Waals surface area contributed by atoms with Crippen molar-refractivity contribution in [3.63, 3.8) is 0 Å². The third-order valence-electron chi connectivity index (χ3n) is 6.71. The average Bonchev–Trinajstić information content (AvgIpc) is 2.72. The summed E-state index contributed by atoms with van der Waals surface area (Å²) < 4.78 is 5.96. The molecule has 0 radical (unpaired) electrons. The number of hydrogen-bond acceptors (Lipinski definition) is 4. The van der Waals surface area contributed by atoms with E-state index < -0.39 is 0 Å². The van der Waals surface area contributed by atoms with E-state index in [1.54, 1.807) is 0 Å². The molecule has 3 aliphatic rings. The van der Waals surface area contributed by atoms with Gasteiger partial charge in [0.1, 0.15) is 5.75 Å². The van der Waals surface area contributed by atoms with Crippen LogP contribution in [-0.2, 0) is 4.79 Å². The molecule has 1 atom stereocenters. The van der Waals surface area contributed by atoms with Crippen molar-refractivity contribution in [2.45, 2.75) is 63.8 Å². The Morgan fingerprint density at radius 2 is 1.89 bits per heavy atom. The lowest BCUT2D eigenvalue weighted by Crippen LogP contribution is -2.50. The largest absolute Gasteiger partial charge is 0.493 e. The lowest BCUT2D eigenvalue weighted by molar-refractivity contribution is -0.116. The van der Waals surface area contributed by atoms with Crippen LogP contribution in [0.15, 0.2) is 18.2 Å². The summed E-state index contributed by atoms with van der Waals surface area (Å²) in [6.07, 6.45) is 8.72. The van der Waals surface area contributed by atoms with E-state index in [1.807, 2.05) is 12.1 Å². The fourth-order valence-electron chi connectivity index (χ4n) is 5.03. The Morgan fingerprint density at radius 1 is 1.11 bits per heavy atom. The summed E-state index contributed by atoms with van der Waals surface area (Å²) in [4.78, 5) is 17.1. The molecule has 1 N–H and O–H groups in total. The van der Waals surface area contributed by atoms with Crippen LogP contribution in [0.5, 0.6) is 5.75 Å². The maximum absolute atomic E-state index is 11.7.